The van der Waals surface area contributed by atoms with E-state index in [4.69, 9.17) is 11.6 Å². The Morgan fingerprint density at radius 2 is 1.94 bits per heavy atom. The highest BCUT2D eigenvalue weighted by atomic mass is 35.5. The number of carbonyl (C=O) groups excluding carboxylic acids is 1. The molecule has 10 heteroatoms. The second-order valence-corrected chi connectivity index (χ2v) is 7.38. The molecule has 0 bridgehead atoms. The number of H-pyrrole nitrogens is 1. The molecule has 158 valence electrons. The fraction of sp³-hybridized carbons (Fsp3) is 0.190. The lowest BCUT2D eigenvalue weighted by Gasteiger charge is -2.16. The second kappa shape index (κ2) is 8.97. The van der Waals surface area contributed by atoms with Crippen molar-refractivity contribution in [2.45, 2.75) is 19.4 Å². The lowest BCUT2D eigenvalue weighted by Crippen LogP contribution is -2.34. The highest BCUT2D eigenvalue weighted by molar-refractivity contribution is 6.35. The molecular weight excluding hydrogens is 418 g/mol. The number of hydrogen-bond acceptors (Lipinski definition) is 6. The number of para-hydroxylation sites is 1. The zero-order chi connectivity index (χ0) is 21.8. The van der Waals surface area contributed by atoms with Gasteiger partial charge in [0, 0.05) is 12.6 Å². The maximum absolute atomic E-state index is 12.8. The molecule has 0 aliphatic carbocycles. The lowest BCUT2D eigenvalue weighted by molar-refractivity contribution is 0.0938. The number of amides is 1. The Labute approximate surface area is 182 Å². The second-order valence-electron chi connectivity index (χ2n) is 6.97. The van der Waals surface area contributed by atoms with E-state index in [9.17, 15) is 9.59 Å². The van der Waals surface area contributed by atoms with Gasteiger partial charge in [0.1, 0.15) is 0 Å². The van der Waals surface area contributed by atoms with Crippen molar-refractivity contribution < 1.29 is 4.79 Å². The smallest absolute Gasteiger partial charge is 0.261 e. The Balaban J connectivity index is 1.37. The van der Waals surface area contributed by atoms with Crippen LogP contribution in [0.4, 0.5) is 5.95 Å². The molecule has 0 fully saturated rings. The SMILES string of the molecule is CC(CCNc1nc2cccc(Cl)c2c(=O)[nH]1)NC(=O)c1ccccc1-n1nccn1. The molecule has 0 radical (unpaired) electrons. The molecule has 31 heavy (non-hydrogen) atoms. The van der Waals surface area contributed by atoms with Gasteiger partial charge in [0.15, 0.2) is 0 Å². The average molecular weight is 438 g/mol. The summed E-state index contributed by atoms with van der Waals surface area (Å²) >= 11 is 6.07. The minimum atomic E-state index is -0.303. The summed E-state index contributed by atoms with van der Waals surface area (Å²) in [5.74, 6) is 0.140. The molecular formula is C21H20ClN7O2. The summed E-state index contributed by atoms with van der Waals surface area (Å²) in [6.45, 7) is 2.41. The van der Waals surface area contributed by atoms with E-state index in [0.717, 1.165) is 0 Å². The van der Waals surface area contributed by atoms with Crippen LogP contribution < -0.4 is 16.2 Å². The Morgan fingerprint density at radius 3 is 2.74 bits per heavy atom. The zero-order valence-corrected chi connectivity index (χ0v) is 17.4. The highest BCUT2D eigenvalue weighted by Gasteiger charge is 2.15. The zero-order valence-electron chi connectivity index (χ0n) is 16.7. The molecule has 0 saturated heterocycles. The minimum Gasteiger partial charge on any atom is -0.356 e. The van der Waals surface area contributed by atoms with Crippen LogP contribution in [0.2, 0.25) is 5.02 Å². The Morgan fingerprint density at radius 1 is 1.16 bits per heavy atom. The van der Waals surface area contributed by atoms with Gasteiger partial charge >= 0.3 is 0 Å². The Kier molecular flexibility index (Phi) is 5.94. The van der Waals surface area contributed by atoms with Crippen molar-refractivity contribution in [3.8, 4) is 5.69 Å². The predicted octanol–water partition coefficient (Wildman–Crippen LogP) is 2.78. The molecule has 2 heterocycles. The van der Waals surface area contributed by atoms with Crippen LogP contribution in [-0.4, -0.2) is 43.5 Å². The van der Waals surface area contributed by atoms with Gasteiger partial charge < -0.3 is 10.6 Å². The summed E-state index contributed by atoms with van der Waals surface area (Å²) in [5, 5.41) is 15.0. The van der Waals surface area contributed by atoms with Gasteiger partial charge in [-0.2, -0.15) is 15.0 Å². The van der Waals surface area contributed by atoms with E-state index in [0.29, 0.717) is 46.1 Å². The first-order valence-electron chi connectivity index (χ1n) is 9.72. The number of carbonyl (C=O) groups is 1. The number of nitrogens with one attached hydrogen (secondary N) is 3. The van der Waals surface area contributed by atoms with Gasteiger partial charge in [-0.3, -0.25) is 14.6 Å². The monoisotopic (exact) mass is 437 g/mol. The van der Waals surface area contributed by atoms with Gasteiger partial charge in [-0.25, -0.2) is 4.98 Å². The lowest BCUT2D eigenvalue weighted by atomic mass is 10.1. The number of hydrogen-bond donors (Lipinski definition) is 3. The summed E-state index contributed by atoms with van der Waals surface area (Å²) in [4.78, 5) is 33.5. The van der Waals surface area contributed by atoms with Crippen molar-refractivity contribution >= 4 is 34.4 Å². The van der Waals surface area contributed by atoms with E-state index in [1.54, 1.807) is 48.8 Å². The highest BCUT2D eigenvalue weighted by Crippen LogP contribution is 2.18. The van der Waals surface area contributed by atoms with Crippen LogP contribution in [-0.2, 0) is 0 Å². The van der Waals surface area contributed by atoms with Crippen LogP contribution >= 0.6 is 11.6 Å². The fourth-order valence-electron chi connectivity index (χ4n) is 3.19. The van der Waals surface area contributed by atoms with Crippen molar-refractivity contribution in [1.29, 1.82) is 0 Å². The summed E-state index contributed by atoms with van der Waals surface area (Å²) in [6, 6.07) is 12.1. The standard InChI is InChI=1S/C21H20ClN7O2/c1-13(26-19(30)14-5-2-3-8-17(14)29-24-11-12-25-29)9-10-23-21-27-16-7-4-6-15(22)18(16)20(31)28-21/h2-8,11-13H,9-10H2,1H3,(H,26,30)(H2,23,27,28,31). The van der Waals surface area contributed by atoms with Crippen LogP contribution in [0.25, 0.3) is 16.6 Å². The molecule has 4 aromatic rings. The average Bonchev–Trinajstić information content (AvgIpc) is 3.28. The third-order valence-corrected chi connectivity index (χ3v) is 5.03. The van der Waals surface area contributed by atoms with Gasteiger partial charge in [-0.05, 0) is 37.6 Å². The topological polar surface area (TPSA) is 118 Å². The number of halogens is 1. The number of fused-ring (bicyclic) bond motifs is 1. The van der Waals surface area contributed by atoms with E-state index in [1.807, 2.05) is 13.0 Å². The number of nitrogens with zero attached hydrogens (tertiary/aromatic N) is 4. The van der Waals surface area contributed by atoms with Gasteiger partial charge in [-0.15, -0.1) is 0 Å². The van der Waals surface area contributed by atoms with Crippen LogP contribution in [0.5, 0.6) is 0 Å². The first-order valence-corrected chi connectivity index (χ1v) is 10.1. The molecule has 0 spiro atoms. The quantitative estimate of drug-likeness (QED) is 0.409. The van der Waals surface area contributed by atoms with Gasteiger partial charge in [0.25, 0.3) is 11.5 Å². The molecule has 0 aliphatic rings. The molecule has 2 aromatic carbocycles. The number of aromatic amines is 1. The molecule has 1 unspecified atom stereocenters. The number of aromatic nitrogens is 5. The Bertz CT molecular complexity index is 1270. The molecule has 3 N–H and O–H groups in total. The largest absolute Gasteiger partial charge is 0.356 e. The van der Waals surface area contributed by atoms with Crippen LogP contribution in [0, 0.1) is 0 Å². The predicted molar refractivity (Wildman–Crippen MR) is 119 cm³/mol. The van der Waals surface area contributed by atoms with Crippen molar-refractivity contribution in [3.05, 3.63) is 75.8 Å². The molecule has 1 amide bonds. The first kappa shape index (κ1) is 20.5. The summed E-state index contributed by atoms with van der Waals surface area (Å²) in [7, 11) is 0. The van der Waals surface area contributed by atoms with Crippen molar-refractivity contribution in [1.82, 2.24) is 30.3 Å². The summed E-state index contributed by atoms with van der Waals surface area (Å²) in [5.41, 5.74) is 1.30. The molecule has 0 saturated carbocycles. The van der Waals surface area contributed by atoms with Crippen LogP contribution in [0.3, 0.4) is 0 Å². The van der Waals surface area contributed by atoms with E-state index in [-0.39, 0.29) is 17.5 Å². The van der Waals surface area contributed by atoms with E-state index in [1.165, 1.54) is 4.80 Å². The fourth-order valence-corrected chi connectivity index (χ4v) is 3.45. The third-order valence-electron chi connectivity index (χ3n) is 4.71. The van der Waals surface area contributed by atoms with Crippen molar-refractivity contribution in [2.24, 2.45) is 0 Å². The maximum atomic E-state index is 12.8. The normalized spacial score (nSPS) is 11.9. The summed E-state index contributed by atoms with van der Waals surface area (Å²) in [6.07, 6.45) is 3.73. The number of benzene rings is 2. The number of anilines is 1. The third kappa shape index (κ3) is 4.56. The van der Waals surface area contributed by atoms with Gasteiger partial charge in [0.2, 0.25) is 5.95 Å². The van der Waals surface area contributed by atoms with E-state index in [2.05, 4.69) is 30.8 Å². The Hall–Kier alpha value is -3.72. The molecule has 1 atom stereocenters. The van der Waals surface area contributed by atoms with Gasteiger partial charge in [0.05, 0.1) is 39.6 Å². The summed E-state index contributed by atoms with van der Waals surface area (Å²) < 4.78 is 0. The molecule has 2 aromatic heterocycles. The molecule has 0 aliphatic heterocycles. The van der Waals surface area contributed by atoms with E-state index >= 15 is 0 Å². The van der Waals surface area contributed by atoms with Crippen molar-refractivity contribution in [3.63, 3.8) is 0 Å². The minimum absolute atomic E-state index is 0.125. The molecule has 4 rings (SSSR count). The van der Waals surface area contributed by atoms with Crippen molar-refractivity contribution in [2.75, 3.05) is 11.9 Å². The number of rotatable bonds is 7. The van der Waals surface area contributed by atoms with Crippen LogP contribution in [0.15, 0.2) is 59.7 Å². The van der Waals surface area contributed by atoms with Crippen LogP contribution in [0.1, 0.15) is 23.7 Å². The van der Waals surface area contributed by atoms with E-state index < -0.39 is 0 Å². The van der Waals surface area contributed by atoms with Gasteiger partial charge in [-0.1, -0.05) is 29.8 Å². The first-order chi connectivity index (χ1) is 15.0. The maximum Gasteiger partial charge on any atom is 0.261 e. The molecule has 9 nitrogen and oxygen atoms in total.